The Balaban J connectivity index is 1.99. The van der Waals surface area contributed by atoms with Gasteiger partial charge >= 0.3 is 0 Å². The topological polar surface area (TPSA) is 100 Å². The summed E-state index contributed by atoms with van der Waals surface area (Å²) in [4.78, 5) is 29.7. The SMILES string of the molecule is CCNC(=O)CN(C)C(=O)c1sc(NC2CCC2)nc1N. The van der Waals surface area contributed by atoms with Gasteiger partial charge in [-0.05, 0) is 26.2 Å². The number of anilines is 2. The number of amides is 2. The van der Waals surface area contributed by atoms with E-state index in [2.05, 4.69) is 15.6 Å². The molecule has 8 heteroatoms. The first kappa shape index (κ1) is 15.6. The van der Waals surface area contributed by atoms with Crippen LogP contribution in [0.2, 0.25) is 0 Å². The van der Waals surface area contributed by atoms with Crippen molar-refractivity contribution in [1.29, 1.82) is 0 Å². The molecule has 0 unspecified atom stereocenters. The number of carbonyl (C=O) groups excluding carboxylic acids is 2. The van der Waals surface area contributed by atoms with Crippen LogP contribution in [0.25, 0.3) is 0 Å². The molecule has 1 heterocycles. The predicted octanol–water partition coefficient (Wildman–Crippen LogP) is 0.898. The first-order valence-corrected chi connectivity index (χ1v) is 7.88. The predicted molar refractivity (Wildman–Crippen MR) is 83.4 cm³/mol. The molecule has 1 aliphatic carbocycles. The Labute approximate surface area is 127 Å². The zero-order valence-electron chi connectivity index (χ0n) is 12.3. The van der Waals surface area contributed by atoms with Gasteiger partial charge in [-0.1, -0.05) is 11.3 Å². The van der Waals surface area contributed by atoms with E-state index in [-0.39, 0.29) is 24.2 Å². The molecule has 21 heavy (non-hydrogen) atoms. The Bertz CT molecular complexity index is 527. The zero-order chi connectivity index (χ0) is 15.4. The highest BCUT2D eigenvalue weighted by molar-refractivity contribution is 7.18. The standard InChI is InChI=1S/C13H21N5O2S/c1-3-15-9(19)7-18(2)12(20)10-11(14)17-13(21-10)16-8-5-4-6-8/h8H,3-7,14H2,1-2H3,(H,15,19)(H,16,17). The Morgan fingerprint density at radius 2 is 2.19 bits per heavy atom. The monoisotopic (exact) mass is 311 g/mol. The van der Waals surface area contributed by atoms with Gasteiger partial charge in [0.2, 0.25) is 5.91 Å². The van der Waals surface area contributed by atoms with Crippen molar-refractivity contribution in [1.82, 2.24) is 15.2 Å². The number of thiazole rings is 1. The molecule has 116 valence electrons. The van der Waals surface area contributed by atoms with E-state index in [9.17, 15) is 9.59 Å². The average molecular weight is 311 g/mol. The summed E-state index contributed by atoms with van der Waals surface area (Å²) in [7, 11) is 1.58. The van der Waals surface area contributed by atoms with Crippen LogP contribution in [0.3, 0.4) is 0 Å². The fraction of sp³-hybridized carbons (Fsp3) is 0.615. The summed E-state index contributed by atoms with van der Waals surface area (Å²) < 4.78 is 0. The van der Waals surface area contributed by atoms with Crippen LogP contribution in [0, 0.1) is 0 Å². The number of hydrogen-bond acceptors (Lipinski definition) is 6. The minimum absolute atomic E-state index is 0.00933. The van der Waals surface area contributed by atoms with Gasteiger partial charge < -0.3 is 21.3 Å². The molecule has 1 aromatic heterocycles. The van der Waals surface area contributed by atoms with Gasteiger partial charge in [-0.25, -0.2) is 4.98 Å². The quantitative estimate of drug-likeness (QED) is 0.724. The molecule has 0 radical (unpaired) electrons. The van der Waals surface area contributed by atoms with Crippen LogP contribution in [-0.2, 0) is 4.79 Å². The maximum absolute atomic E-state index is 12.3. The minimum Gasteiger partial charge on any atom is -0.382 e. The van der Waals surface area contributed by atoms with Crippen LogP contribution in [0.15, 0.2) is 0 Å². The second kappa shape index (κ2) is 6.75. The largest absolute Gasteiger partial charge is 0.382 e. The summed E-state index contributed by atoms with van der Waals surface area (Å²) in [5.41, 5.74) is 5.82. The number of nitrogens with zero attached hydrogens (tertiary/aromatic N) is 2. The van der Waals surface area contributed by atoms with Crippen LogP contribution < -0.4 is 16.4 Å². The summed E-state index contributed by atoms with van der Waals surface area (Å²) in [5.74, 6) is -0.253. The lowest BCUT2D eigenvalue weighted by atomic mass is 9.93. The molecular weight excluding hydrogens is 290 g/mol. The van der Waals surface area contributed by atoms with E-state index >= 15 is 0 Å². The van der Waals surface area contributed by atoms with Gasteiger partial charge in [0, 0.05) is 19.6 Å². The van der Waals surface area contributed by atoms with Crippen LogP contribution >= 0.6 is 11.3 Å². The van der Waals surface area contributed by atoms with Crippen LogP contribution in [0.1, 0.15) is 35.9 Å². The lowest BCUT2D eigenvalue weighted by molar-refractivity contribution is -0.121. The van der Waals surface area contributed by atoms with Gasteiger partial charge in [0.1, 0.15) is 10.7 Å². The molecule has 2 rings (SSSR count). The van der Waals surface area contributed by atoms with Crippen molar-refractivity contribution in [3.05, 3.63) is 4.88 Å². The highest BCUT2D eigenvalue weighted by atomic mass is 32.1. The lowest BCUT2D eigenvalue weighted by Crippen LogP contribution is -2.38. The van der Waals surface area contributed by atoms with Gasteiger partial charge in [-0.15, -0.1) is 0 Å². The smallest absolute Gasteiger partial charge is 0.268 e. The normalized spacial score (nSPS) is 14.4. The van der Waals surface area contributed by atoms with Crippen molar-refractivity contribution >= 4 is 34.1 Å². The molecule has 0 saturated heterocycles. The summed E-state index contributed by atoms with van der Waals surface area (Å²) in [6.45, 7) is 2.38. The van der Waals surface area contributed by atoms with E-state index < -0.39 is 0 Å². The van der Waals surface area contributed by atoms with Crippen LogP contribution in [-0.4, -0.2) is 47.9 Å². The second-order valence-corrected chi connectivity index (χ2v) is 6.12. The van der Waals surface area contributed by atoms with Crippen molar-refractivity contribution in [2.75, 3.05) is 31.2 Å². The number of nitrogen functional groups attached to an aromatic ring is 1. The second-order valence-electron chi connectivity index (χ2n) is 5.12. The lowest BCUT2D eigenvalue weighted by Gasteiger charge is -2.25. The Hall–Kier alpha value is -1.83. The van der Waals surface area contributed by atoms with Gasteiger partial charge in [-0.2, -0.15) is 0 Å². The van der Waals surface area contributed by atoms with Gasteiger partial charge in [0.05, 0.1) is 6.54 Å². The molecule has 0 bridgehead atoms. The summed E-state index contributed by atoms with van der Waals surface area (Å²) in [5, 5.41) is 6.60. The van der Waals surface area contributed by atoms with Crippen LogP contribution in [0.5, 0.6) is 0 Å². The molecule has 1 saturated carbocycles. The third kappa shape index (κ3) is 3.84. The summed E-state index contributed by atoms with van der Waals surface area (Å²) in [6.07, 6.45) is 3.47. The molecule has 1 aliphatic rings. The first-order valence-electron chi connectivity index (χ1n) is 7.06. The summed E-state index contributed by atoms with van der Waals surface area (Å²) in [6, 6.07) is 0.437. The van der Waals surface area contributed by atoms with E-state index in [0.29, 0.717) is 22.6 Å². The maximum Gasteiger partial charge on any atom is 0.268 e. The van der Waals surface area contributed by atoms with Crippen molar-refractivity contribution in [3.8, 4) is 0 Å². The van der Waals surface area contributed by atoms with Crippen molar-refractivity contribution in [3.63, 3.8) is 0 Å². The molecule has 1 aromatic rings. The third-order valence-corrected chi connectivity index (χ3v) is 4.37. The molecule has 7 nitrogen and oxygen atoms in total. The van der Waals surface area contributed by atoms with Gasteiger partial charge in [-0.3, -0.25) is 9.59 Å². The maximum atomic E-state index is 12.3. The van der Waals surface area contributed by atoms with Gasteiger partial charge in [0.15, 0.2) is 5.13 Å². The highest BCUT2D eigenvalue weighted by Gasteiger charge is 2.23. The highest BCUT2D eigenvalue weighted by Crippen LogP contribution is 2.30. The molecule has 1 fully saturated rings. The number of aromatic nitrogens is 1. The molecule has 4 N–H and O–H groups in total. The number of likely N-dealkylation sites (N-methyl/N-ethyl adjacent to an activating group) is 2. The summed E-state index contributed by atoms with van der Waals surface area (Å²) >= 11 is 1.24. The van der Waals surface area contributed by atoms with E-state index in [1.165, 1.54) is 22.7 Å². The van der Waals surface area contributed by atoms with Crippen molar-refractivity contribution in [2.45, 2.75) is 32.2 Å². The minimum atomic E-state index is -0.280. The average Bonchev–Trinajstić information content (AvgIpc) is 2.74. The third-order valence-electron chi connectivity index (χ3n) is 3.38. The van der Waals surface area contributed by atoms with Crippen LogP contribution in [0.4, 0.5) is 10.9 Å². The molecule has 0 spiro atoms. The first-order chi connectivity index (χ1) is 10.0. The Morgan fingerprint density at radius 3 is 2.76 bits per heavy atom. The molecule has 2 amide bonds. The molecule has 0 aromatic carbocycles. The Kier molecular flexibility index (Phi) is 5.00. The fourth-order valence-corrected chi connectivity index (χ4v) is 2.94. The Morgan fingerprint density at radius 1 is 1.48 bits per heavy atom. The van der Waals surface area contributed by atoms with E-state index in [4.69, 9.17) is 5.73 Å². The van der Waals surface area contributed by atoms with Crippen molar-refractivity contribution < 1.29 is 9.59 Å². The number of nitrogens with one attached hydrogen (secondary N) is 2. The van der Waals surface area contributed by atoms with E-state index in [0.717, 1.165) is 12.8 Å². The molecule has 0 atom stereocenters. The van der Waals surface area contributed by atoms with Crippen molar-refractivity contribution in [2.24, 2.45) is 0 Å². The number of rotatable bonds is 6. The number of hydrogen-bond donors (Lipinski definition) is 3. The zero-order valence-corrected chi connectivity index (χ0v) is 13.1. The molecule has 0 aliphatic heterocycles. The van der Waals surface area contributed by atoms with Gasteiger partial charge in [0.25, 0.3) is 5.91 Å². The fourth-order valence-electron chi connectivity index (χ4n) is 1.99. The van der Waals surface area contributed by atoms with E-state index in [1.807, 2.05) is 6.92 Å². The number of carbonyl (C=O) groups is 2. The number of nitrogens with two attached hydrogens (primary N) is 1. The molecular formula is C13H21N5O2S. The van der Waals surface area contributed by atoms with E-state index in [1.54, 1.807) is 7.05 Å².